The summed E-state index contributed by atoms with van der Waals surface area (Å²) in [7, 11) is 0. The first-order valence-corrected chi connectivity index (χ1v) is 7.77. The minimum atomic E-state index is -0.526. The number of hydrogen-bond donors (Lipinski definition) is 1. The second-order valence-corrected chi connectivity index (χ2v) is 5.92. The van der Waals surface area contributed by atoms with E-state index in [-0.39, 0.29) is 5.95 Å². The average molecular weight is 362 g/mol. The summed E-state index contributed by atoms with van der Waals surface area (Å²) in [4.78, 5) is 20.3. The Morgan fingerprint density at radius 1 is 1.08 bits per heavy atom. The summed E-state index contributed by atoms with van der Waals surface area (Å²) in [5, 5.41) is 2.14. The highest BCUT2D eigenvalue weighted by molar-refractivity contribution is 6.34. The molecule has 0 amide bonds. The number of hydrazine groups is 1. The van der Waals surface area contributed by atoms with Crippen molar-refractivity contribution in [1.82, 2.24) is 14.5 Å². The molecule has 0 aliphatic rings. The monoisotopic (exact) mass is 361 g/mol. The molecular weight excluding hydrogens is 349 g/mol. The Bertz CT molecular complexity index is 894. The molecule has 0 unspecified atom stereocenters. The molecule has 2 aromatic carbocycles. The number of anilines is 1. The zero-order chi connectivity index (χ0) is 17.1. The van der Waals surface area contributed by atoms with Crippen molar-refractivity contribution in [3.05, 3.63) is 81.0 Å². The number of rotatable bonds is 4. The molecule has 0 aliphatic heterocycles. The van der Waals surface area contributed by atoms with Crippen molar-refractivity contribution < 1.29 is 0 Å². The summed E-state index contributed by atoms with van der Waals surface area (Å²) in [6, 6.07) is 14.4. The summed E-state index contributed by atoms with van der Waals surface area (Å²) in [6.07, 6.45) is 1.34. The van der Waals surface area contributed by atoms with E-state index in [1.807, 2.05) is 30.3 Å². The predicted molar refractivity (Wildman–Crippen MR) is 94.5 cm³/mol. The normalized spacial score (nSPS) is 10.6. The quantitative estimate of drug-likeness (QED) is 0.571. The van der Waals surface area contributed by atoms with E-state index >= 15 is 0 Å². The maximum Gasteiger partial charge on any atom is 0.356 e. The lowest BCUT2D eigenvalue weighted by molar-refractivity contribution is 0.764. The number of hydrogen-bond acceptors (Lipinski definition) is 5. The van der Waals surface area contributed by atoms with Crippen molar-refractivity contribution in [3.8, 4) is 5.69 Å². The lowest BCUT2D eigenvalue weighted by Crippen LogP contribution is -2.35. The van der Waals surface area contributed by atoms with E-state index in [9.17, 15) is 4.79 Å². The molecule has 0 fully saturated rings. The van der Waals surface area contributed by atoms with Crippen LogP contribution in [0, 0.1) is 0 Å². The standard InChI is InChI=1S/C16H13Cl2N5O/c17-12-6-13(18)8-14(7-12)22-10-20-15(21-16(22)24)23(19)9-11-4-2-1-3-5-11/h1-8,10H,9,19H2. The first-order chi connectivity index (χ1) is 11.5. The van der Waals surface area contributed by atoms with Crippen LogP contribution in [0.4, 0.5) is 5.95 Å². The lowest BCUT2D eigenvalue weighted by Gasteiger charge is -2.16. The topological polar surface area (TPSA) is 77.0 Å². The Morgan fingerprint density at radius 3 is 2.38 bits per heavy atom. The third kappa shape index (κ3) is 3.73. The van der Waals surface area contributed by atoms with Crippen LogP contribution in [0.25, 0.3) is 5.69 Å². The molecule has 0 saturated heterocycles. The molecule has 0 saturated carbocycles. The first kappa shape index (κ1) is 16.4. The Kier molecular flexibility index (Phi) is 4.80. The van der Waals surface area contributed by atoms with Gasteiger partial charge in [-0.1, -0.05) is 53.5 Å². The molecule has 0 bridgehead atoms. The van der Waals surface area contributed by atoms with Crippen LogP contribution < -0.4 is 16.5 Å². The van der Waals surface area contributed by atoms with E-state index in [0.29, 0.717) is 22.3 Å². The van der Waals surface area contributed by atoms with Gasteiger partial charge in [0, 0.05) is 10.0 Å². The minimum Gasteiger partial charge on any atom is -0.274 e. The fourth-order valence-corrected chi connectivity index (χ4v) is 2.69. The predicted octanol–water partition coefficient (Wildman–Crippen LogP) is 2.81. The van der Waals surface area contributed by atoms with Gasteiger partial charge in [-0.3, -0.25) is 9.58 Å². The highest BCUT2D eigenvalue weighted by atomic mass is 35.5. The summed E-state index contributed by atoms with van der Waals surface area (Å²) < 4.78 is 1.25. The van der Waals surface area contributed by atoms with E-state index in [2.05, 4.69) is 9.97 Å². The highest BCUT2D eigenvalue weighted by Crippen LogP contribution is 2.20. The Labute approximate surface area is 148 Å². The maximum absolute atomic E-state index is 12.3. The van der Waals surface area contributed by atoms with Crippen molar-refractivity contribution >= 4 is 29.2 Å². The largest absolute Gasteiger partial charge is 0.356 e. The minimum absolute atomic E-state index is 0.133. The molecule has 0 radical (unpaired) electrons. The van der Waals surface area contributed by atoms with Crippen LogP contribution in [-0.4, -0.2) is 14.5 Å². The Hall–Kier alpha value is -2.41. The van der Waals surface area contributed by atoms with Crippen molar-refractivity contribution in [2.24, 2.45) is 5.84 Å². The van der Waals surface area contributed by atoms with Crippen LogP contribution in [0.2, 0.25) is 10.0 Å². The van der Waals surface area contributed by atoms with Gasteiger partial charge in [0.05, 0.1) is 12.2 Å². The molecule has 1 heterocycles. The molecule has 1 aromatic heterocycles. The number of halogens is 2. The van der Waals surface area contributed by atoms with Crippen LogP contribution in [0.1, 0.15) is 5.56 Å². The number of aromatic nitrogens is 3. The van der Waals surface area contributed by atoms with Crippen molar-refractivity contribution in [2.45, 2.75) is 6.54 Å². The molecule has 0 aliphatic carbocycles. The molecule has 3 aromatic rings. The fraction of sp³-hybridized carbons (Fsp3) is 0.0625. The second kappa shape index (κ2) is 7.00. The Balaban J connectivity index is 1.88. The van der Waals surface area contributed by atoms with Crippen LogP contribution in [0.3, 0.4) is 0 Å². The van der Waals surface area contributed by atoms with Gasteiger partial charge in [-0.05, 0) is 23.8 Å². The molecular formula is C16H13Cl2N5O. The molecule has 122 valence electrons. The fourth-order valence-electron chi connectivity index (χ4n) is 2.17. The third-order valence-electron chi connectivity index (χ3n) is 3.27. The van der Waals surface area contributed by atoms with Gasteiger partial charge in [0.25, 0.3) is 0 Å². The van der Waals surface area contributed by atoms with Crippen molar-refractivity contribution in [1.29, 1.82) is 0 Å². The van der Waals surface area contributed by atoms with Gasteiger partial charge in [-0.2, -0.15) is 4.98 Å². The van der Waals surface area contributed by atoms with Crippen molar-refractivity contribution in [3.63, 3.8) is 0 Å². The van der Waals surface area contributed by atoms with Gasteiger partial charge in [0.15, 0.2) is 0 Å². The van der Waals surface area contributed by atoms with Crippen LogP contribution in [0.15, 0.2) is 59.7 Å². The molecule has 2 N–H and O–H groups in total. The zero-order valence-electron chi connectivity index (χ0n) is 12.4. The molecule has 24 heavy (non-hydrogen) atoms. The lowest BCUT2D eigenvalue weighted by atomic mass is 10.2. The van der Waals surface area contributed by atoms with Crippen LogP contribution >= 0.6 is 23.2 Å². The second-order valence-electron chi connectivity index (χ2n) is 5.05. The number of nitrogens with two attached hydrogens (primary N) is 1. The van der Waals surface area contributed by atoms with Gasteiger partial charge in [-0.25, -0.2) is 15.6 Å². The van der Waals surface area contributed by atoms with Crippen LogP contribution in [-0.2, 0) is 6.54 Å². The molecule has 0 atom stereocenters. The van der Waals surface area contributed by atoms with Gasteiger partial charge in [0.1, 0.15) is 6.33 Å². The molecule has 8 heteroatoms. The van der Waals surface area contributed by atoms with E-state index in [1.165, 1.54) is 15.9 Å². The zero-order valence-corrected chi connectivity index (χ0v) is 13.9. The highest BCUT2D eigenvalue weighted by Gasteiger charge is 2.10. The third-order valence-corrected chi connectivity index (χ3v) is 3.70. The van der Waals surface area contributed by atoms with Gasteiger partial charge < -0.3 is 0 Å². The first-order valence-electron chi connectivity index (χ1n) is 7.01. The summed E-state index contributed by atoms with van der Waals surface area (Å²) >= 11 is 11.9. The van der Waals surface area contributed by atoms with E-state index in [1.54, 1.807) is 18.2 Å². The van der Waals surface area contributed by atoms with E-state index < -0.39 is 5.69 Å². The molecule has 6 nitrogen and oxygen atoms in total. The van der Waals surface area contributed by atoms with E-state index in [4.69, 9.17) is 29.0 Å². The van der Waals surface area contributed by atoms with Gasteiger partial charge >= 0.3 is 5.69 Å². The van der Waals surface area contributed by atoms with Gasteiger partial charge in [-0.15, -0.1) is 0 Å². The average Bonchev–Trinajstić information content (AvgIpc) is 2.54. The Morgan fingerprint density at radius 2 is 1.75 bits per heavy atom. The van der Waals surface area contributed by atoms with Crippen molar-refractivity contribution in [2.75, 3.05) is 5.01 Å². The molecule has 0 spiro atoms. The summed E-state index contributed by atoms with van der Waals surface area (Å²) in [5.74, 6) is 6.08. The smallest absolute Gasteiger partial charge is 0.274 e. The maximum atomic E-state index is 12.3. The summed E-state index contributed by atoms with van der Waals surface area (Å²) in [6.45, 7) is 0.382. The number of nitrogens with zero attached hydrogens (tertiary/aromatic N) is 4. The SMILES string of the molecule is NN(Cc1ccccc1)c1ncn(-c2cc(Cl)cc(Cl)c2)c(=O)n1. The summed E-state index contributed by atoms with van der Waals surface area (Å²) in [5.41, 5.74) is 0.937. The van der Waals surface area contributed by atoms with Gasteiger partial charge in [0.2, 0.25) is 5.95 Å². The molecule has 3 rings (SSSR count). The van der Waals surface area contributed by atoms with E-state index in [0.717, 1.165) is 5.56 Å². The van der Waals surface area contributed by atoms with Crippen LogP contribution in [0.5, 0.6) is 0 Å². The number of benzene rings is 2.